The fourth-order valence-corrected chi connectivity index (χ4v) is 4.33. The smallest absolute Gasteiger partial charge is 0.255 e. The molecule has 2 saturated heterocycles. The second-order valence-corrected chi connectivity index (χ2v) is 7.67. The number of allylic oxidation sites excluding steroid dienone is 1. The fourth-order valence-electron chi connectivity index (χ4n) is 4.33. The van der Waals surface area contributed by atoms with E-state index in [0.29, 0.717) is 18.1 Å². The van der Waals surface area contributed by atoms with E-state index in [1.54, 1.807) is 0 Å². The Balaban J connectivity index is 1.31. The number of aryl methyl sites for hydroxylation is 1. The summed E-state index contributed by atoms with van der Waals surface area (Å²) in [6, 6.07) is 0. The summed E-state index contributed by atoms with van der Waals surface area (Å²) in [6.07, 6.45) is 11.2. The van der Waals surface area contributed by atoms with Crippen molar-refractivity contribution in [2.24, 2.45) is 0 Å². The molecule has 1 aliphatic carbocycles. The van der Waals surface area contributed by atoms with E-state index >= 15 is 0 Å². The van der Waals surface area contributed by atoms with Gasteiger partial charge in [-0.1, -0.05) is 16.8 Å². The molecule has 1 spiro atoms. The fraction of sp³-hybridized carbons (Fsp3) is 0.737. The van der Waals surface area contributed by atoms with Crippen molar-refractivity contribution in [3.8, 4) is 0 Å². The molecule has 1 aromatic heterocycles. The third-order valence-electron chi connectivity index (χ3n) is 5.86. The van der Waals surface area contributed by atoms with Gasteiger partial charge in [-0.15, -0.1) is 0 Å². The zero-order chi connectivity index (χ0) is 17.3. The monoisotopic (exact) mass is 345 g/mol. The molecule has 0 aromatic carbocycles. The number of ether oxygens (including phenoxy) is 1. The highest BCUT2D eigenvalue weighted by Gasteiger charge is 2.45. The molecule has 3 aliphatic rings. The first-order chi connectivity index (χ1) is 12.1. The lowest BCUT2D eigenvalue weighted by Gasteiger charge is -2.39. The third-order valence-corrected chi connectivity index (χ3v) is 5.86. The molecule has 1 atom stereocenters. The van der Waals surface area contributed by atoms with E-state index in [-0.39, 0.29) is 17.6 Å². The molecule has 25 heavy (non-hydrogen) atoms. The highest BCUT2D eigenvalue weighted by Crippen LogP contribution is 2.44. The second-order valence-electron chi connectivity index (χ2n) is 7.67. The molecule has 4 rings (SSSR count). The summed E-state index contributed by atoms with van der Waals surface area (Å²) < 4.78 is 11.6. The summed E-state index contributed by atoms with van der Waals surface area (Å²) in [4.78, 5) is 18.9. The maximum atomic E-state index is 12.6. The topological polar surface area (TPSA) is 68.5 Å². The molecule has 1 amide bonds. The zero-order valence-electron chi connectivity index (χ0n) is 15.0. The van der Waals surface area contributed by atoms with Crippen LogP contribution >= 0.6 is 0 Å². The number of piperidine rings is 1. The maximum absolute atomic E-state index is 12.6. The summed E-state index contributed by atoms with van der Waals surface area (Å²) >= 11 is 0. The van der Waals surface area contributed by atoms with E-state index in [2.05, 4.69) is 16.2 Å². The largest absolute Gasteiger partial charge is 0.362 e. The first-order valence-electron chi connectivity index (χ1n) is 9.57. The minimum atomic E-state index is -0.117. The van der Waals surface area contributed by atoms with Gasteiger partial charge in [-0.3, -0.25) is 4.79 Å². The van der Waals surface area contributed by atoms with Crippen LogP contribution in [0.4, 0.5) is 0 Å². The van der Waals surface area contributed by atoms with Gasteiger partial charge in [0.1, 0.15) is 6.10 Å². The van der Waals surface area contributed by atoms with Gasteiger partial charge in [0.15, 0.2) is 5.82 Å². The summed E-state index contributed by atoms with van der Waals surface area (Å²) in [5.74, 6) is 1.53. The quantitative estimate of drug-likeness (QED) is 0.785. The third kappa shape index (κ3) is 3.64. The van der Waals surface area contributed by atoms with Crippen LogP contribution in [0.25, 0.3) is 0 Å². The molecule has 136 valence electrons. The van der Waals surface area contributed by atoms with Crippen molar-refractivity contribution in [3.05, 3.63) is 23.4 Å². The van der Waals surface area contributed by atoms with Crippen molar-refractivity contribution >= 4 is 5.91 Å². The molecule has 1 aromatic rings. The Morgan fingerprint density at radius 1 is 1.32 bits per heavy atom. The average Bonchev–Trinajstić information content (AvgIpc) is 3.23. The standard InChI is InChI=1S/C19H27N3O3/c1-14-20-18(25-21-14)16-7-8-19(24-16)9-11-22(12-10-19)17(23)13-15-5-3-2-4-6-15/h5,16H,2-4,6-13H2,1H3. The van der Waals surface area contributed by atoms with Crippen LogP contribution in [-0.2, 0) is 9.53 Å². The SMILES string of the molecule is Cc1noc(C2CCC3(CCN(C(=O)CC4=CCCCC4)CC3)O2)n1. The Kier molecular flexibility index (Phi) is 4.63. The van der Waals surface area contributed by atoms with Gasteiger partial charge in [-0.05, 0) is 58.3 Å². The van der Waals surface area contributed by atoms with E-state index in [0.717, 1.165) is 51.6 Å². The van der Waals surface area contributed by atoms with Crippen LogP contribution in [0.1, 0.15) is 75.6 Å². The van der Waals surface area contributed by atoms with Crippen molar-refractivity contribution in [1.29, 1.82) is 0 Å². The Bertz CT molecular complexity index is 659. The van der Waals surface area contributed by atoms with Crippen molar-refractivity contribution < 1.29 is 14.1 Å². The van der Waals surface area contributed by atoms with E-state index in [4.69, 9.17) is 9.26 Å². The normalized spacial score (nSPS) is 26.0. The molecular formula is C19H27N3O3. The molecule has 3 heterocycles. The lowest BCUT2D eigenvalue weighted by atomic mass is 9.88. The van der Waals surface area contributed by atoms with Crippen molar-refractivity contribution in [2.45, 2.75) is 76.4 Å². The molecular weight excluding hydrogens is 318 g/mol. The number of carbonyl (C=O) groups is 1. The molecule has 6 nitrogen and oxygen atoms in total. The van der Waals surface area contributed by atoms with Crippen LogP contribution in [0.5, 0.6) is 0 Å². The van der Waals surface area contributed by atoms with Crippen LogP contribution in [0, 0.1) is 6.92 Å². The molecule has 0 radical (unpaired) electrons. The van der Waals surface area contributed by atoms with Crippen LogP contribution in [0.15, 0.2) is 16.2 Å². The predicted octanol–water partition coefficient (Wildman–Crippen LogP) is 3.48. The number of likely N-dealkylation sites (tertiary alicyclic amines) is 1. The second kappa shape index (κ2) is 6.90. The van der Waals surface area contributed by atoms with Gasteiger partial charge in [-0.25, -0.2) is 0 Å². The number of hydrogen-bond donors (Lipinski definition) is 0. The van der Waals surface area contributed by atoms with Gasteiger partial charge in [0, 0.05) is 19.5 Å². The lowest BCUT2D eigenvalue weighted by Crippen LogP contribution is -2.46. The number of carbonyl (C=O) groups excluding carboxylic acids is 1. The summed E-state index contributed by atoms with van der Waals surface area (Å²) in [5, 5.41) is 3.86. The first-order valence-corrected chi connectivity index (χ1v) is 9.57. The highest BCUT2D eigenvalue weighted by atomic mass is 16.5. The van der Waals surface area contributed by atoms with Crippen LogP contribution in [0.2, 0.25) is 0 Å². The average molecular weight is 345 g/mol. The Morgan fingerprint density at radius 2 is 2.16 bits per heavy atom. The van der Waals surface area contributed by atoms with Crippen LogP contribution in [-0.4, -0.2) is 39.6 Å². The Hall–Kier alpha value is -1.69. The molecule has 0 saturated carbocycles. The predicted molar refractivity (Wildman–Crippen MR) is 91.8 cm³/mol. The molecule has 6 heteroatoms. The van der Waals surface area contributed by atoms with Gasteiger partial charge < -0.3 is 14.2 Å². The maximum Gasteiger partial charge on any atom is 0.255 e. The van der Waals surface area contributed by atoms with Gasteiger partial charge in [0.25, 0.3) is 5.89 Å². The van der Waals surface area contributed by atoms with Crippen molar-refractivity contribution in [1.82, 2.24) is 15.0 Å². The van der Waals surface area contributed by atoms with E-state index in [9.17, 15) is 4.79 Å². The van der Waals surface area contributed by atoms with Crippen LogP contribution in [0.3, 0.4) is 0 Å². The number of rotatable bonds is 3. The van der Waals surface area contributed by atoms with Gasteiger partial charge in [-0.2, -0.15) is 4.98 Å². The van der Waals surface area contributed by atoms with Gasteiger partial charge in [0.2, 0.25) is 5.91 Å². The molecule has 2 aliphatic heterocycles. The molecule has 0 bridgehead atoms. The van der Waals surface area contributed by atoms with Gasteiger partial charge in [0.05, 0.1) is 5.60 Å². The zero-order valence-corrected chi connectivity index (χ0v) is 15.0. The molecule has 2 fully saturated rings. The lowest BCUT2D eigenvalue weighted by molar-refractivity contribution is -0.137. The van der Waals surface area contributed by atoms with Crippen molar-refractivity contribution in [2.75, 3.05) is 13.1 Å². The first kappa shape index (κ1) is 16.8. The van der Waals surface area contributed by atoms with E-state index < -0.39 is 0 Å². The van der Waals surface area contributed by atoms with E-state index in [1.165, 1.54) is 18.4 Å². The number of aromatic nitrogens is 2. The minimum absolute atomic E-state index is 0.0872. The summed E-state index contributed by atoms with van der Waals surface area (Å²) in [6.45, 7) is 3.41. The van der Waals surface area contributed by atoms with E-state index in [1.807, 2.05) is 11.8 Å². The number of hydrogen-bond acceptors (Lipinski definition) is 5. The van der Waals surface area contributed by atoms with Gasteiger partial charge >= 0.3 is 0 Å². The highest BCUT2D eigenvalue weighted by molar-refractivity contribution is 5.78. The molecule has 1 unspecified atom stereocenters. The van der Waals surface area contributed by atoms with Crippen molar-refractivity contribution in [3.63, 3.8) is 0 Å². The summed E-state index contributed by atoms with van der Waals surface area (Å²) in [5.41, 5.74) is 1.22. The summed E-state index contributed by atoms with van der Waals surface area (Å²) in [7, 11) is 0. The number of amides is 1. The Labute approximate surface area is 148 Å². The Morgan fingerprint density at radius 3 is 2.84 bits per heavy atom. The number of nitrogens with zero attached hydrogens (tertiary/aromatic N) is 3. The van der Waals surface area contributed by atoms with Crippen LogP contribution < -0.4 is 0 Å². The minimum Gasteiger partial charge on any atom is -0.362 e. The molecule has 0 N–H and O–H groups in total.